The fourth-order valence-corrected chi connectivity index (χ4v) is 3.16. The molecule has 0 aromatic rings. The first-order valence-electron chi connectivity index (χ1n) is 7.97. The minimum absolute atomic E-state index is 0.00497. The van der Waals surface area contributed by atoms with E-state index in [9.17, 15) is 14.7 Å². The molecule has 0 spiro atoms. The maximum absolute atomic E-state index is 12.5. The van der Waals surface area contributed by atoms with Crippen molar-refractivity contribution in [1.29, 1.82) is 0 Å². The molecule has 6 heteroatoms. The van der Waals surface area contributed by atoms with E-state index in [0.717, 1.165) is 12.8 Å². The first-order valence-corrected chi connectivity index (χ1v) is 7.97. The van der Waals surface area contributed by atoms with Crippen molar-refractivity contribution >= 4 is 11.8 Å². The predicted molar refractivity (Wildman–Crippen MR) is 83.2 cm³/mol. The Morgan fingerprint density at radius 1 is 1.32 bits per heavy atom. The maximum atomic E-state index is 12.5. The zero-order valence-corrected chi connectivity index (χ0v) is 14.1. The second-order valence-electron chi connectivity index (χ2n) is 6.49. The lowest BCUT2D eigenvalue weighted by Gasteiger charge is -2.36. The summed E-state index contributed by atoms with van der Waals surface area (Å²) >= 11 is 0. The van der Waals surface area contributed by atoms with Crippen LogP contribution < -0.4 is 5.48 Å². The van der Waals surface area contributed by atoms with Gasteiger partial charge in [-0.2, -0.15) is 0 Å². The zero-order chi connectivity index (χ0) is 17.0. The van der Waals surface area contributed by atoms with Crippen molar-refractivity contribution in [2.24, 2.45) is 11.8 Å². The molecule has 2 amide bonds. The second kappa shape index (κ2) is 7.63. The van der Waals surface area contributed by atoms with Crippen molar-refractivity contribution in [3.05, 3.63) is 11.3 Å². The molecule has 0 aliphatic carbocycles. The number of hydrogen-bond donors (Lipinski definition) is 3. The molecule has 3 N–H and O–H groups in total. The molecule has 1 rings (SSSR count). The molecule has 0 saturated carbocycles. The summed E-state index contributed by atoms with van der Waals surface area (Å²) in [4.78, 5) is 26.0. The Bertz CT molecular complexity index is 457. The van der Waals surface area contributed by atoms with Gasteiger partial charge in [0.25, 0.3) is 11.8 Å². The Morgan fingerprint density at radius 2 is 1.91 bits per heavy atom. The number of unbranched alkanes of at least 4 members (excludes halogenated alkanes) is 1. The molecule has 22 heavy (non-hydrogen) atoms. The number of hydroxylamine groups is 1. The SMILES string of the molecule is CCCCC(C(=O)NO)N1C(=O)C(O)=C(C(C)C)C1C(C)C. The van der Waals surface area contributed by atoms with Gasteiger partial charge in [0.1, 0.15) is 6.04 Å². The van der Waals surface area contributed by atoms with Crippen molar-refractivity contribution in [3.63, 3.8) is 0 Å². The average molecular weight is 312 g/mol. The van der Waals surface area contributed by atoms with E-state index in [1.807, 2.05) is 34.6 Å². The van der Waals surface area contributed by atoms with Crippen LogP contribution in [0.2, 0.25) is 0 Å². The lowest BCUT2D eigenvalue weighted by Crippen LogP contribution is -2.53. The van der Waals surface area contributed by atoms with Crippen LogP contribution in [0.15, 0.2) is 11.3 Å². The number of amides is 2. The smallest absolute Gasteiger partial charge is 0.289 e. The molecule has 0 fully saturated rings. The van der Waals surface area contributed by atoms with Gasteiger partial charge in [-0.05, 0) is 18.3 Å². The summed E-state index contributed by atoms with van der Waals surface area (Å²) in [5.41, 5.74) is 2.33. The first-order chi connectivity index (χ1) is 10.3. The van der Waals surface area contributed by atoms with Gasteiger partial charge in [0.15, 0.2) is 5.76 Å². The number of nitrogens with zero attached hydrogens (tertiary/aromatic N) is 1. The van der Waals surface area contributed by atoms with Gasteiger partial charge in [-0.25, -0.2) is 5.48 Å². The highest BCUT2D eigenvalue weighted by molar-refractivity contribution is 5.98. The van der Waals surface area contributed by atoms with Gasteiger partial charge in [0.2, 0.25) is 0 Å². The maximum Gasteiger partial charge on any atom is 0.289 e. The van der Waals surface area contributed by atoms with Crippen LogP contribution in [-0.4, -0.2) is 39.1 Å². The molecule has 0 aromatic heterocycles. The topological polar surface area (TPSA) is 89.9 Å². The van der Waals surface area contributed by atoms with E-state index >= 15 is 0 Å². The van der Waals surface area contributed by atoms with Crippen molar-refractivity contribution in [2.75, 3.05) is 0 Å². The standard InChI is InChI=1S/C16H28N2O4/c1-6-7-8-11(15(20)17-22)18-13(10(4)5)12(9(2)3)14(19)16(18)21/h9-11,13,19,22H,6-8H2,1-5H3,(H,17,20). The summed E-state index contributed by atoms with van der Waals surface area (Å²) in [5.74, 6) is -1.31. The van der Waals surface area contributed by atoms with Crippen LogP contribution in [0.25, 0.3) is 0 Å². The molecule has 1 heterocycles. The first kappa shape index (κ1) is 18.5. The van der Waals surface area contributed by atoms with Crippen LogP contribution in [0.1, 0.15) is 53.9 Å². The molecule has 0 aromatic carbocycles. The van der Waals surface area contributed by atoms with E-state index in [-0.39, 0.29) is 23.6 Å². The summed E-state index contributed by atoms with van der Waals surface area (Å²) in [7, 11) is 0. The Kier molecular flexibility index (Phi) is 6.41. The van der Waals surface area contributed by atoms with E-state index in [4.69, 9.17) is 5.21 Å². The summed E-state index contributed by atoms with van der Waals surface area (Å²) in [6.45, 7) is 9.75. The van der Waals surface area contributed by atoms with Gasteiger partial charge in [0, 0.05) is 5.57 Å². The summed E-state index contributed by atoms with van der Waals surface area (Å²) in [5, 5.41) is 19.2. The van der Waals surface area contributed by atoms with Crippen molar-refractivity contribution < 1.29 is 19.9 Å². The molecule has 0 radical (unpaired) electrons. The number of rotatable bonds is 7. The Balaban J connectivity index is 3.24. The van der Waals surface area contributed by atoms with Crippen LogP contribution >= 0.6 is 0 Å². The minimum Gasteiger partial charge on any atom is -0.503 e. The van der Waals surface area contributed by atoms with Gasteiger partial charge in [0.05, 0.1) is 6.04 Å². The normalized spacial score (nSPS) is 20.3. The van der Waals surface area contributed by atoms with E-state index in [1.54, 1.807) is 5.48 Å². The van der Waals surface area contributed by atoms with E-state index in [0.29, 0.717) is 12.0 Å². The third kappa shape index (κ3) is 3.43. The second-order valence-corrected chi connectivity index (χ2v) is 6.49. The van der Waals surface area contributed by atoms with Crippen molar-refractivity contribution in [1.82, 2.24) is 10.4 Å². The monoisotopic (exact) mass is 312 g/mol. The Hall–Kier alpha value is -1.56. The molecule has 1 aliphatic heterocycles. The molecular weight excluding hydrogens is 284 g/mol. The lowest BCUT2D eigenvalue weighted by molar-refractivity contribution is -0.144. The van der Waals surface area contributed by atoms with Crippen LogP contribution in [0.3, 0.4) is 0 Å². The molecule has 126 valence electrons. The van der Waals surface area contributed by atoms with Crippen LogP contribution in [0.5, 0.6) is 0 Å². The highest BCUT2D eigenvalue weighted by atomic mass is 16.5. The lowest BCUT2D eigenvalue weighted by atomic mass is 9.88. The quantitative estimate of drug-likeness (QED) is 0.497. The predicted octanol–water partition coefficient (Wildman–Crippen LogP) is 2.39. The highest BCUT2D eigenvalue weighted by Gasteiger charge is 2.46. The fraction of sp³-hybridized carbons (Fsp3) is 0.750. The number of carbonyl (C=O) groups excluding carboxylic acids is 2. The van der Waals surface area contributed by atoms with Gasteiger partial charge < -0.3 is 10.0 Å². The van der Waals surface area contributed by atoms with Gasteiger partial charge in [-0.3, -0.25) is 14.8 Å². The molecule has 2 unspecified atom stereocenters. The largest absolute Gasteiger partial charge is 0.503 e. The van der Waals surface area contributed by atoms with Gasteiger partial charge in [-0.1, -0.05) is 47.5 Å². The Labute approximate surface area is 132 Å². The van der Waals surface area contributed by atoms with E-state index < -0.39 is 17.9 Å². The molecule has 1 aliphatic rings. The van der Waals surface area contributed by atoms with E-state index in [2.05, 4.69) is 0 Å². The highest BCUT2D eigenvalue weighted by Crippen LogP contribution is 2.36. The summed E-state index contributed by atoms with van der Waals surface area (Å²) in [6.07, 6.45) is 2.08. The molecular formula is C16H28N2O4. The van der Waals surface area contributed by atoms with Crippen molar-refractivity contribution in [3.8, 4) is 0 Å². The Morgan fingerprint density at radius 3 is 2.32 bits per heavy atom. The third-order valence-electron chi connectivity index (χ3n) is 4.16. The number of hydrogen-bond acceptors (Lipinski definition) is 4. The van der Waals surface area contributed by atoms with Crippen molar-refractivity contribution in [2.45, 2.75) is 66.0 Å². The molecule has 0 bridgehead atoms. The van der Waals surface area contributed by atoms with Gasteiger partial charge >= 0.3 is 0 Å². The summed E-state index contributed by atoms with van der Waals surface area (Å²) < 4.78 is 0. The number of nitrogens with one attached hydrogen (secondary N) is 1. The minimum atomic E-state index is -0.775. The van der Waals surface area contributed by atoms with E-state index in [1.165, 1.54) is 4.90 Å². The van der Waals surface area contributed by atoms with Crippen LogP contribution in [-0.2, 0) is 9.59 Å². The zero-order valence-electron chi connectivity index (χ0n) is 14.1. The third-order valence-corrected chi connectivity index (χ3v) is 4.16. The molecule has 2 atom stereocenters. The van der Waals surface area contributed by atoms with Crippen LogP contribution in [0.4, 0.5) is 0 Å². The summed E-state index contributed by atoms with van der Waals surface area (Å²) in [6, 6.07) is -1.10. The number of carbonyl (C=O) groups is 2. The average Bonchev–Trinajstić information content (AvgIpc) is 2.72. The molecule has 0 saturated heterocycles. The number of aliphatic hydroxyl groups is 1. The number of aliphatic hydroxyl groups excluding tert-OH is 1. The van der Waals surface area contributed by atoms with Gasteiger partial charge in [-0.15, -0.1) is 0 Å². The fourth-order valence-electron chi connectivity index (χ4n) is 3.16. The van der Waals surface area contributed by atoms with Crippen LogP contribution in [0, 0.1) is 11.8 Å². The molecule has 6 nitrogen and oxygen atoms in total.